The molecule has 0 heterocycles. The van der Waals surface area contributed by atoms with Gasteiger partial charge in [-0.05, 0) is 89.3 Å². The lowest BCUT2D eigenvalue weighted by Gasteiger charge is -2.35. The molecule has 3 aromatic carbocycles. The molecule has 0 saturated carbocycles. The third-order valence-electron chi connectivity index (χ3n) is 6.68. The number of hydrogen-bond donors (Lipinski definition) is 1. The summed E-state index contributed by atoms with van der Waals surface area (Å²) in [5, 5.41) is 2.99. The average Bonchev–Trinajstić information content (AvgIpc) is 2.95. The van der Waals surface area contributed by atoms with Crippen molar-refractivity contribution in [2.24, 2.45) is 0 Å². The van der Waals surface area contributed by atoms with Gasteiger partial charge in [-0.15, -0.1) is 11.8 Å². The van der Waals surface area contributed by atoms with Crippen LogP contribution in [0.4, 0.5) is 5.69 Å². The molecule has 0 fully saturated rings. The predicted octanol–water partition coefficient (Wildman–Crippen LogP) is 6.03. The normalized spacial score (nSPS) is 12.3. The van der Waals surface area contributed by atoms with Crippen molar-refractivity contribution in [1.82, 2.24) is 10.2 Å². The number of ether oxygens (including phenoxy) is 1. The molecule has 10 heteroatoms. The largest absolute Gasteiger partial charge is 0.492 e. The molecular formula is C33H43N3O5S2. The second kappa shape index (κ2) is 14.8. The van der Waals surface area contributed by atoms with E-state index < -0.39 is 34.1 Å². The van der Waals surface area contributed by atoms with Crippen LogP contribution in [-0.4, -0.2) is 56.1 Å². The minimum absolute atomic E-state index is 0.0483. The minimum atomic E-state index is -4.21. The van der Waals surface area contributed by atoms with E-state index in [4.69, 9.17) is 4.74 Å². The molecule has 2 amide bonds. The maximum absolute atomic E-state index is 14.3. The monoisotopic (exact) mass is 625 g/mol. The van der Waals surface area contributed by atoms with E-state index in [0.717, 1.165) is 20.3 Å². The van der Waals surface area contributed by atoms with Crippen molar-refractivity contribution in [3.05, 3.63) is 83.9 Å². The predicted molar refractivity (Wildman–Crippen MR) is 174 cm³/mol. The van der Waals surface area contributed by atoms with Crippen LogP contribution in [0.5, 0.6) is 5.75 Å². The van der Waals surface area contributed by atoms with Gasteiger partial charge in [-0.3, -0.25) is 13.9 Å². The maximum Gasteiger partial charge on any atom is 0.264 e. The smallest absolute Gasteiger partial charge is 0.264 e. The lowest BCUT2D eigenvalue weighted by molar-refractivity contribution is -0.141. The zero-order valence-electron chi connectivity index (χ0n) is 26.1. The highest BCUT2D eigenvalue weighted by molar-refractivity contribution is 7.98. The van der Waals surface area contributed by atoms with Gasteiger partial charge in [0.15, 0.2) is 0 Å². The fourth-order valence-electron chi connectivity index (χ4n) is 4.71. The van der Waals surface area contributed by atoms with E-state index in [9.17, 15) is 18.0 Å². The quantitative estimate of drug-likeness (QED) is 0.233. The molecule has 8 nitrogen and oxygen atoms in total. The second-order valence-corrected chi connectivity index (χ2v) is 14.0. The van der Waals surface area contributed by atoms with Crippen LogP contribution in [0.25, 0.3) is 0 Å². The molecule has 0 aliphatic rings. The number of benzene rings is 3. The lowest BCUT2D eigenvalue weighted by Crippen LogP contribution is -2.55. The summed E-state index contributed by atoms with van der Waals surface area (Å²) in [5.74, 6) is -0.467. The number of hydrogen-bond acceptors (Lipinski definition) is 6. The summed E-state index contributed by atoms with van der Waals surface area (Å²) in [6, 6.07) is 20.2. The summed E-state index contributed by atoms with van der Waals surface area (Å²) >= 11 is 1.50. The van der Waals surface area contributed by atoms with Crippen LogP contribution in [0.2, 0.25) is 0 Å². The van der Waals surface area contributed by atoms with Crippen molar-refractivity contribution < 1.29 is 22.7 Å². The number of rotatable bonds is 13. The first-order chi connectivity index (χ1) is 20.3. The number of nitrogens with zero attached hydrogens (tertiary/aromatic N) is 2. The van der Waals surface area contributed by atoms with E-state index in [1.165, 1.54) is 28.8 Å². The van der Waals surface area contributed by atoms with Gasteiger partial charge in [0.2, 0.25) is 11.8 Å². The lowest BCUT2D eigenvalue weighted by atomic mass is 10.0. The number of nitrogens with one attached hydrogen (secondary N) is 1. The molecule has 0 spiro atoms. The van der Waals surface area contributed by atoms with Gasteiger partial charge >= 0.3 is 0 Å². The van der Waals surface area contributed by atoms with Crippen LogP contribution in [-0.2, 0) is 26.2 Å². The summed E-state index contributed by atoms with van der Waals surface area (Å²) in [7, 11) is -4.21. The van der Waals surface area contributed by atoms with Crippen molar-refractivity contribution in [1.29, 1.82) is 0 Å². The van der Waals surface area contributed by atoms with E-state index in [1.54, 1.807) is 36.4 Å². The van der Waals surface area contributed by atoms with Crippen LogP contribution in [0, 0.1) is 6.92 Å². The average molecular weight is 626 g/mol. The number of anilines is 1. The summed E-state index contributed by atoms with van der Waals surface area (Å²) in [5.41, 5.74) is 1.58. The molecule has 0 aromatic heterocycles. The first-order valence-electron chi connectivity index (χ1n) is 14.4. The third kappa shape index (κ3) is 9.00. The fraction of sp³-hybridized carbons (Fsp3) is 0.394. The van der Waals surface area contributed by atoms with Gasteiger partial charge in [-0.2, -0.15) is 0 Å². The van der Waals surface area contributed by atoms with E-state index >= 15 is 0 Å². The third-order valence-corrected chi connectivity index (χ3v) is 9.20. The Labute approximate surface area is 260 Å². The molecule has 1 atom stereocenters. The Morgan fingerprint density at radius 2 is 1.65 bits per heavy atom. The van der Waals surface area contributed by atoms with Crippen LogP contribution < -0.4 is 14.4 Å². The van der Waals surface area contributed by atoms with Gasteiger partial charge in [-0.1, -0.05) is 48.9 Å². The first-order valence-corrected chi connectivity index (χ1v) is 17.0. The fourth-order valence-corrected chi connectivity index (χ4v) is 6.54. The maximum atomic E-state index is 14.3. The number of para-hydroxylation sites is 2. The van der Waals surface area contributed by atoms with Gasteiger partial charge in [0.05, 0.1) is 17.2 Å². The number of aryl methyl sites for hydroxylation is 1. The Bertz CT molecular complexity index is 1500. The summed E-state index contributed by atoms with van der Waals surface area (Å²) in [6.45, 7) is 11.2. The van der Waals surface area contributed by atoms with Crippen LogP contribution in [0.1, 0.15) is 52.2 Å². The molecule has 0 bridgehead atoms. The van der Waals surface area contributed by atoms with Crippen molar-refractivity contribution in [2.75, 3.05) is 23.7 Å². The molecule has 0 aliphatic heterocycles. The van der Waals surface area contributed by atoms with E-state index in [0.29, 0.717) is 18.8 Å². The van der Waals surface area contributed by atoms with Gasteiger partial charge in [0.25, 0.3) is 10.0 Å². The molecule has 1 N–H and O–H groups in total. The molecule has 3 rings (SSSR count). The molecule has 0 aliphatic carbocycles. The Hall–Kier alpha value is -3.50. The summed E-state index contributed by atoms with van der Waals surface area (Å²) in [4.78, 5) is 30.3. The zero-order chi connectivity index (χ0) is 31.8. The zero-order valence-corrected chi connectivity index (χ0v) is 27.7. The Morgan fingerprint density at radius 3 is 2.23 bits per heavy atom. The van der Waals surface area contributed by atoms with E-state index in [2.05, 4.69) is 5.32 Å². The Balaban J connectivity index is 2.13. The van der Waals surface area contributed by atoms with Crippen molar-refractivity contribution in [3.63, 3.8) is 0 Å². The van der Waals surface area contributed by atoms with Gasteiger partial charge in [-0.25, -0.2) is 8.42 Å². The number of carbonyl (C=O) groups is 2. The van der Waals surface area contributed by atoms with Gasteiger partial charge in [0, 0.05) is 17.0 Å². The summed E-state index contributed by atoms with van der Waals surface area (Å²) < 4.78 is 35.3. The molecule has 0 radical (unpaired) electrons. The Morgan fingerprint density at radius 1 is 0.977 bits per heavy atom. The van der Waals surface area contributed by atoms with Crippen LogP contribution >= 0.6 is 11.8 Å². The minimum Gasteiger partial charge on any atom is -0.492 e. The molecule has 0 saturated heterocycles. The molecule has 232 valence electrons. The Kier molecular flexibility index (Phi) is 11.7. The van der Waals surface area contributed by atoms with Gasteiger partial charge in [0.1, 0.15) is 18.3 Å². The standard InChI is InChI=1S/C33H43N3O5S2/c1-8-28(32(38)34-33(4,5)6)35(22-25-14-12-13-24(3)21-25)31(37)23-36(29-15-10-11-16-30(29)41-9-2)43(39,40)27-19-17-26(42-7)18-20-27/h10-21,28H,8-9,22-23H2,1-7H3,(H,34,38)/t28-/m0/s1. The van der Waals surface area contributed by atoms with E-state index in [1.807, 2.05) is 72.1 Å². The van der Waals surface area contributed by atoms with E-state index in [-0.39, 0.29) is 23.0 Å². The van der Waals surface area contributed by atoms with Crippen molar-refractivity contribution >= 4 is 39.3 Å². The van der Waals surface area contributed by atoms with Crippen molar-refractivity contribution in [3.8, 4) is 5.75 Å². The van der Waals surface area contributed by atoms with Gasteiger partial charge < -0.3 is 15.0 Å². The highest BCUT2D eigenvalue weighted by atomic mass is 32.2. The van der Waals surface area contributed by atoms with Crippen molar-refractivity contribution in [2.45, 2.75) is 75.9 Å². The number of amides is 2. The first kappa shape index (κ1) is 34.0. The molecule has 3 aromatic rings. The summed E-state index contributed by atoms with van der Waals surface area (Å²) in [6.07, 6.45) is 2.26. The number of thioether (sulfide) groups is 1. The molecule has 43 heavy (non-hydrogen) atoms. The molecular weight excluding hydrogens is 583 g/mol. The number of carbonyl (C=O) groups excluding carboxylic acids is 2. The highest BCUT2D eigenvalue weighted by Gasteiger charge is 2.35. The second-order valence-electron chi connectivity index (χ2n) is 11.3. The molecule has 0 unspecified atom stereocenters. The SMILES string of the molecule is CCOc1ccccc1N(CC(=O)N(Cc1cccc(C)c1)[C@@H](CC)C(=O)NC(C)(C)C)S(=O)(=O)c1ccc(SC)cc1. The number of sulfonamides is 1. The van der Waals surface area contributed by atoms with Crippen LogP contribution in [0.15, 0.2) is 82.6 Å². The topological polar surface area (TPSA) is 96.0 Å². The highest BCUT2D eigenvalue weighted by Crippen LogP contribution is 2.33. The van der Waals surface area contributed by atoms with Crippen LogP contribution in [0.3, 0.4) is 0 Å².